The van der Waals surface area contributed by atoms with E-state index in [0.29, 0.717) is 17.5 Å². The molecule has 3 heterocycles. The van der Waals surface area contributed by atoms with Crippen molar-refractivity contribution >= 4 is 38.3 Å². The molecule has 2 aromatic heterocycles. The first-order valence-corrected chi connectivity index (χ1v) is 16.2. The van der Waals surface area contributed by atoms with E-state index in [4.69, 9.17) is 24.1 Å². The first-order chi connectivity index (χ1) is 23.8. The molecule has 0 fully saturated rings. The van der Waals surface area contributed by atoms with E-state index in [9.17, 15) is 0 Å². The summed E-state index contributed by atoms with van der Waals surface area (Å²) in [5.74, 6) is 2.89. The van der Waals surface area contributed by atoms with E-state index in [1.54, 1.807) is 0 Å². The van der Waals surface area contributed by atoms with Crippen LogP contribution in [0.1, 0.15) is 17.3 Å². The highest BCUT2D eigenvalue weighted by Crippen LogP contribution is 2.45. The van der Waals surface area contributed by atoms with E-state index in [1.807, 2.05) is 60.7 Å². The van der Waals surface area contributed by atoms with Gasteiger partial charge in [-0.25, -0.2) is 15.0 Å². The molecule has 0 saturated carbocycles. The van der Waals surface area contributed by atoms with Crippen molar-refractivity contribution in [2.45, 2.75) is 12.0 Å². The Bertz CT molecular complexity index is 2620. The second-order valence-electron chi connectivity index (χ2n) is 12.3. The quantitative estimate of drug-likeness (QED) is 0.197. The molecule has 5 nitrogen and oxygen atoms in total. The number of ether oxygens (including phenoxy) is 1. The van der Waals surface area contributed by atoms with Crippen molar-refractivity contribution in [3.63, 3.8) is 0 Å². The summed E-state index contributed by atoms with van der Waals surface area (Å²) < 4.78 is 12.7. The van der Waals surface area contributed by atoms with Crippen molar-refractivity contribution < 1.29 is 9.15 Å². The fraction of sp³-hybridized carbons (Fsp3) is 0.0465. The van der Waals surface area contributed by atoms with Crippen LogP contribution in [0.25, 0.3) is 72.2 Å². The topological polar surface area (TPSA) is 61.0 Å². The molecule has 8 aromatic rings. The Morgan fingerprint density at radius 3 is 2.19 bits per heavy atom. The highest BCUT2D eigenvalue weighted by Gasteiger charge is 2.38. The SMILES string of the molecule is C1=CC2c3ccccc3OC2C(c2nc(-c3ccccc3)nc(-c3ccc4ccc(-c5cccc6oc7ccccc7c56)cc4c3)n2)=C1. The van der Waals surface area contributed by atoms with Crippen LogP contribution in [0, 0.1) is 0 Å². The normalized spacial score (nSPS) is 16.5. The molecule has 0 saturated heterocycles. The van der Waals surface area contributed by atoms with Gasteiger partial charge in [0, 0.05) is 39.0 Å². The number of hydrogen-bond acceptors (Lipinski definition) is 5. The van der Waals surface area contributed by atoms with E-state index in [-0.39, 0.29) is 12.0 Å². The smallest absolute Gasteiger partial charge is 0.164 e. The minimum Gasteiger partial charge on any atom is -0.484 e. The summed E-state index contributed by atoms with van der Waals surface area (Å²) in [6.45, 7) is 0. The summed E-state index contributed by atoms with van der Waals surface area (Å²) in [7, 11) is 0. The van der Waals surface area contributed by atoms with Crippen molar-refractivity contribution in [3.05, 3.63) is 163 Å². The van der Waals surface area contributed by atoms with Crippen LogP contribution in [0.5, 0.6) is 5.75 Å². The van der Waals surface area contributed by atoms with E-state index in [0.717, 1.165) is 66.3 Å². The second-order valence-corrected chi connectivity index (χ2v) is 12.3. The highest BCUT2D eigenvalue weighted by molar-refractivity contribution is 6.12. The number of para-hydroxylation sites is 2. The Hall–Kier alpha value is -6.33. The maximum absolute atomic E-state index is 6.51. The van der Waals surface area contributed by atoms with Gasteiger partial charge in [0.05, 0.1) is 0 Å². The summed E-state index contributed by atoms with van der Waals surface area (Å²) in [5, 5.41) is 4.49. The van der Waals surface area contributed by atoms with Crippen molar-refractivity contribution in [3.8, 4) is 39.7 Å². The maximum Gasteiger partial charge on any atom is 0.164 e. The molecular formula is C43H27N3O2. The van der Waals surface area contributed by atoms with Gasteiger partial charge in [-0.1, -0.05) is 121 Å². The zero-order valence-electron chi connectivity index (χ0n) is 25.7. The van der Waals surface area contributed by atoms with Gasteiger partial charge in [0.15, 0.2) is 17.5 Å². The molecule has 1 aliphatic heterocycles. The lowest BCUT2D eigenvalue weighted by Gasteiger charge is -2.22. The van der Waals surface area contributed by atoms with Gasteiger partial charge < -0.3 is 9.15 Å². The maximum atomic E-state index is 6.51. The second kappa shape index (κ2) is 10.6. The number of furan rings is 1. The molecule has 0 amide bonds. The van der Waals surface area contributed by atoms with Crippen LogP contribution < -0.4 is 4.74 Å². The zero-order valence-corrected chi connectivity index (χ0v) is 25.7. The molecule has 0 spiro atoms. The van der Waals surface area contributed by atoms with Crippen molar-refractivity contribution in [1.82, 2.24) is 15.0 Å². The largest absolute Gasteiger partial charge is 0.484 e. The molecule has 2 unspecified atom stereocenters. The average molecular weight is 618 g/mol. The standard InChI is InChI=1S/C43H27N3O2/c1-2-10-27(11-3-1)41-44-42(46-43(45-41)35-16-8-15-33-32-12-4-6-17-36(32)48-40(33)35)29-23-21-26-20-22-28(24-30(26)25-29)31-14-9-19-38-39(31)34-13-5-7-18-37(34)47-38/h1-25,33,40H. The Balaban J connectivity index is 1.11. The van der Waals surface area contributed by atoms with Gasteiger partial charge in [-0.3, -0.25) is 0 Å². The summed E-state index contributed by atoms with van der Waals surface area (Å²) in [4.78, 5) is 15.2. The van der Waals surface area contributed by atoms with Gasteiger partial charge in [0.2, 0.25) is 0 Å². The fourth-order valence-corrected chi connectivity index (χ4v) is 7.19. The van der Waals surface area contributed by atoms with Gasteiger partial charge >= 0.3 is 0 Å². The number of allylic oxidation sites excluding steroid dienone is 2. The molecule has 0 N–H and O–H groups in total. The first-order valence-electron chi connectivity index (χ1n) is 16.2. The van der Waals surface area contributed by atoms with Crippen molar-refractivity contribution in [2.75, 3.05) is 0 Å². The van der Waals surface area contributed by atoms with E-state index in [2.05, 4.69) is 91.0 Å². The lowest BCUT2D eigenvalue weighted by atomic mass is 9.87. The molecule has 6 aromatic carbocycles. The Kier molecular flexibility index (Phi) is 5.93. The number of rotatable bonds is 4. The third-order valence-electron chi connectivity index (χ3n) is 9.50. The molecule has 0 radical (unpaired) electrons. The molecule has 2 atom stereocenters. The van der Waals surface area contributed by atoms with Crippen LogP contribution in [0.2, 0.25) is 0 Å². The van der Waals surface area contributed by atoms with Crippen LogP contribution in [0.15, 0.2) is 156 Å². The molecular weight excluding hydrogens is 590 g/mol. The van der Waals surface area contributed by atoms with Gasteiger partial charge in [-0.05, 0) is 52.2 Å². The van der Waals surface area contributed by atoms with E-state index < -0.39 is 0 Å². The first kappa shape index (κ1) is 26.8. The lowest BCUT2D eigenvalue weighted by molar-refractivity contribution is 0.277. The predicted octanol–water partition coefficient (Wildman–Crippen LogP) is 10.4. The summed E-state index contributed by atoms with van der Waals surface area (Å²) >= 11 is 0. The van der Waals surface area contributed by atoms with Crippen LogP contribution in [0.3, 0.4) is 0 Å². The third-order valence-corrected chi connectivity index (χ3v) is 9.50. The number of fused-ring (bicyclic) bond motifs is 7. The Morgan fingerprint density at radius 2 is 1.27 bits per heavy atom. The van der Waals surface area contributed by atoms with Gasteiger partial charge in [-0.2, -0.15) is 0 Å². The summed E-state index contributed by atoms with van der Waals surface area (Å²) in [6.07, 6.45) is 6.17. The molecule has 1 aliphatic carbocycles. The molecule has 2 aliphatic rings. The Labute approximate surface area is 276 Å². The minimum absolute atomic E-state index is 0.109. The number of hydrogen-bond donors (Lipinski definition) is 0. The van der Waals surface area contributed by atoms with Gasteiger partial charge in [0.25, 0.3) is 0 Å². The molecule has 10 rings (SSSR count). The number of aromatic nitrogens is 3. The molecule has 226 valence electrons. The van der Waals surface area contributed by atoms with Gasteiger partial charge in [-0.15, -0.1) is 0 Å². The van der Waals surface area contributed by atoms with E-state index >= 15 is 0 Å². The Morgan fingerprint density at radius 1 is 0.542 bits per heavy atom. The molecule has 48 heavy (non-hydrogen) atoms. The highest BCUT2D eigenvalue weighted by atomic mass is 16.5. The predicted molar refractivity (Wildman–Crippen MR) is 192 cm³/mol. The van der Waals surface area contributed by atoms with E-state index in [1.165, 1.54) is 5.56 Å². The number of benzene rings is 6. The molecule has 5 heteroatoms. The minimum atomic E-state index is -0.202. The summed E-state index contributed by atoms with van der Waals surface area (Å²) in [5.41, 5.74) is 8.04. The van der Waals surface area contributed by atoms with Crippen LogP contribution in [-0.2, 0) is 0 Å². The van der Waals surface area contributed by atoms with Crippen LogP contribution in [-0.4, -0.2) is 21.1 Å². The third kappa shape index (κ3) is 4.28. The van der Waals surface area contributed by atoms with Crippen molar-refractivity contribution in [1.29, 1.82) is 0 Å². The fourth-order valence-electron chi connectivity index (χ4n) is 7.19. The van der Waals surface area contributed by atoms with Crippen LogP contribution in [0.4, 0.5) is 0 Å². The zero-order chi connectivity index (χ0) is 31.6. The van der Waals surface area contributed by atoms with Crippen LogP contribution >= 0.6 is 0 Å². The summed E-state index contributed by atoms with van der Waals surface area (Å²) in [6, 6.07) is 45.9. The average Bonchev–Trinajstić information content (AvgIpc) is 3.73. The lowest BCUT2D eigenvalue weighted by Crippen LogP contribution is -2.23. The van der Waals surface area contributed by atoms with Crippen molar-refractivity contribution in [2.24, 2.45) is 0 Å². The monoisotopic (exact) mass is 617 g/mol. The van der Waals surface area contributed by atoms with Gasteiger partial charge in [0.1, 0.15) is 23.0 Å². The molecule has 0 bridgehead atoms. The number of nitrogens with zero attached hydrogens (tertiary/aromatic N) is 3.